The minimum atomic E-state index is -1.10. The number of halogens is 1. The Morgan fingerprint density at radius 3 is 2.36 bits per heavy atom. The highest BCUT2D eigenvalue weighted by Gasteiger charge is 2.42. The maximum atomic E-state index is 9.57. The van der Waals surface area contributed by atoms with Gasteiger partial charge in [-0.1, -0.05) is 13.3 Å². The summed E-state index contributed by atoms with van der Waals surface area (Å²) in [5.41, 5.74) is 0. The van der Waals surface area contributed by atoms with Crippen molar-refractivity contribution >= 4 is 11.6 Å². The van der Waals surface area contributed by atoms with Crippen LogP contribution in [0.5, 0.6) is 0 Å². The average Bonchev–Trinajstić information content (AvgIpc) is 2.19. The van der Waals surface area contributed by atoms with Crippen LogP contribution in [0.25, 0.3) is 0 Å². The minimum absolute atomic E-state index is 0.294. The van der Waals surface area contributed by atoms with Gasteiger partial charge < -0.3 is 20.1 Å². The average molecular weight is 225 g/mol. The third kappa shape index (κ3) is 2.38. The van der Waals surface area contributed by atoms with Crippen molar-refractivity contribution < 1.29 is 20.1 Å². The van der Waals surface area contributed by atoms with Crippen molar-refractivity contribution in [3.8, 4) is 0 Å². The Kier molecular flexibility index (Phi) is 4.60. The first-order valence-corrected chi connectivity index (χ1v) is 5.32. The third-order valence-electron chi connectivity index (χ3n) is 2.51. The van der Waals surface area contributed by atoms with Crippen LogP contribution in [0, 0.1) is 0 Å². The van der Waals surface area contributed by atoms with Crippen molar-refractivity contribution in [2.45, 2.75) is 49.6 Å². The maximum Gasteiger partial charge on any atom is 0.110 e. The molecule has 0 aromatic heterocycles. The van der Waals surface area contributed by atoms with Gasteiger partial charge in [-0.05, 0) is 6.42 Å². The predicted molar refractivity (Wildman–Crippen MR) is 52.3 cm³/mol. The van der Waals surface area contributed by atoms with Gasteiger partial charge in [-0.25, -0.2) is 0 Å². The van der Waals surface area contributed by atoms with Crippen LogP contribution in [0.4, 0.5) is 0 Å². The zero-order valence-electron chi connectivity index (χ0n) is 8.14. The van der Waals surface area contributed by atoms with E-state index in [2.05, 4.69) is 0 Å². The lowest BCUT2D eigenvalue weighted by molar-refractivity contribution is -0.177. The molecule has 0 spiro atoms. The van der Waals surface area contributed by atoms with Gasteiger partial charge in [-0.3, -0.25) is 0 Å². The summed E-state index contributed by atoms with van der Waals surface area (Å²) in [7, 11) is 0. The lowest BCUT2D eigenvalue weighted by Crippen LogP contribution is -2.56. The zero-order chi connectivity index (χ0) is 10.7. The molecule has 0 aromatic carbocycles. The third-order valence-corrected chi connectivity index (χ3v) is 3.05. The van der Waals surface area contributed by atoms with E-state index in [1.165, 1.54) is 0 Å². The molecule has 0 saturated carbocycles. The van der Waals surface area contributed by atoms with E-state index in [0.717, 1.165) is 6.42 Å². The minimum Gasteiger partial charge on any atom is -0.394 e. The van der Waals surface area contributed by atoms with Crippen LogP contribution >= 0.6 is 11.6 Å². The SMILES string of the molecule is CCCC1OC(CO)C(O)C(O)C1Cl. The van der Waals surface area contributed by atoms with Gasteiger partial charge >= 0.3 is 0 Å². The van der Waals surface area contributed by atoms with Crippen molar-refractivity contribution in [1.82, 2.24) is 0 Å². The van der Waals surface area contributed by atoms with E-state index in [-0.39, 0.29) is 12.7 Å². The van der Waals surface area contributed by atoms with Crippen molar-refractivity contribution in [3.63, 3.8) is 0 Å². The number of hydrogen-bond acceptors (Lipinski definition) is 4. The lowest BCUT2D eigenvalue weighted by atomic mass is 9.95. The Morgan fingerprint density at radius 1 is 1.21 bits per heavy atom. The monoisotopic (exact) mass is 224 g/mol. The molecule has 1 heterocycles. The first-order valence-electron chi connectivity index (χ1n) is 4.88. The summed E-state index contributed by atoms with van der Waals surface area (Å²) in [5.74, 6) is 0. The Bertz CT molecular complexity index is 174. The van der Waals surface area contributed by atoms with E-state index in [0.29, 0.717) is 6.42 Å². The predicted octanol–water partition coefficient (Wildman–Crippen LogP) is -0.125. The van der Waals surface area contributed by atoms with E-state index in [4.69, 9.17) is 21.4 Å². The standard InChI is InChI=1S/C9H17ClO4/c1-2-3-5-7(10)9(13)8(12)6(4-11)14-5/h5-9,11-13H,2-4H2,1H3. The number of aliphatic hydroxyl groups is 3. The van der Waals surface area contributed by atoms with Crippen LogP contribution in [-0.2, 0) is 4.74 Å². The van der Waals surface area contributed by atoms with Gasteiger partial charge in [0.25, 0.3) is 0 Å². The fourth-order valence-corrected chi connectivity index (χ4v) is 2.01. The molecule has 0 amide bonds. The van der Waals surface area contributed by atoms with Crippen LogP contribution < -0.4 is 0 Å². The molecule has 3 N–H and O–H groups in total. The van der Waals surface area contributed by atoms with E-state index < -0.39 is 23.7 Å². The van der Waals surface area contributed by atoms with Gasteiger partial charge in [0.15, 0.2) is 0 Å². The number of hydrogen-bond donors (Lipinski definition) is 3. The molecule has 1 aliphatic heterocycles. The number of aliphatic hydroxyl groups excluding tert-OH is 3. The van der Waals surface area contributed by atoms with Gasteiger partial charge in [-0.2, -0.15) is 0 Å². The largest absolute Gasteiger partial charge is 0.394 e. The molecule has 1 fully saturated rings. The summed E-state index contributed by atoms with van der Waals surface area (Å²) in [6.07, 6.45) is -1.55. The van der Waals surface area contributed by atoms with E-state index in [9.17, 15) is 10.2 Å². The normalized spacial score (nSPS) is 43.9. The van der Waals surface area contributed by atoms with Crippen molar-refractivity contribution in [2.24, 2.45) is 0 Å². The number of rotatable bonds is 3. The van der Waals surface area contributed by atoms with Crippen LogP contribution in [0.3, 0.4) is 0 Å². The maximum absolute atomic E-state index is 9.57. The Balaban J connectivity index is 2.63. The molecule has 5 atom stereocenters. The highest BCUT2D eigenvalue weighted by atomic mass is 35.5. The first-order chi connectivity index (χ1) is 6.61. The number of ether oxygens (including phenoxy) is 1. The van der Waals surface area contributed by atoms with E-state index in [1.807, 2.05) is 6.92 Å². The Morgan fingerprint density at radius 2 is 1.86 bits per heavy atom. The molecule has 0 radical (unpaired) electrons. The first kappa shape index (κ1) is 12.2. The second kappa shape index (κ2) is 5.28. The summed E-state index contributed by atoms with van der Waals surface area (Å²) >= 11 is 5.91. The lowest BCUT2D eigenvalue weighted by Gasteiger charge is -2.39. The molecular formula is C9H17ClO4. The van der Waals surface area contributed by atoms with Gasteiger partial charge in [0.2, 0.25) is 0 Å². The molecule has 0 aliphatic carbocycles. The molecule has 1 aliphatic rings. The molecule has 84 valence electrons. The highest BCUT2D eigenvalue weighted by molar-refractivity contribution is 6.21. The van der Waals surface area contributed by atoms with Crippen molar-refractivity contribution in [1.29, 1.82) is 0 Å². The van der Waals surface area contributed by atoms with E-state index >= 15 is 0 Å². The molecule has 1 rings (SSSR count). The molecule has 5 unspecified atom stereocenters. The molecule has 0 bridgehead atoms. The summed E-state index contributed by atoms with van der Waals surface area (Å²) in [6.45, 7) is 1.68. The van der Waals surface area contributed by atoms with Gasteiger partial charge in [0.05, 0.1) is 18.1 Å². The van der Waals surface area contributed by atoms with Gasteiger partial charge in [-0.15, -0.1) is 11.6 Å². The van der Waals surface area contributed by atoms with Crippen LogP contribution in [0.15, 0.2) is 0 Å². The Hall–Kier alpha value is 0.130. The number of alkyl halides is 1. The van der Waals surface area contributed by atoms with Crippen molar-refractivity contribution in [2.75, 3.05) is 6.61 Å². The van der Waals surface area contributed by atoms with E-state index in [1.54, 1.807) is 0 Å². The molecule has 5 heteroatoms. The zero-order valence-corrected chi connectivity index (χ0v) is 8.89. The second-order valence-corrected chi connectivity index (χ2v) is 4.11. The summed E-state index contributed by atoms with van der Waals surface area (Å²) in [4.78, 5) is 0. The van der Waals surface area contributed by atoms with Crippen LogP contribution in [0.2, 0.25) is 0 Å². The van der Waals surface area contributed by atoms with Gasteiger partial charge in [0, 0.05) is 0 Å². The fraction of sp³-hybridized carbons (Fsp3) is 1.00. The summed E-state index contributed by atoms with van der Waals surface area (Å²) in [6, 6.07) is 0. The molecule has 4 nitrogen and oxygen atoms in total. The second-order valence-electron chi connectivity index (χ2n) is 3.61. The fourth-order valence-electron chi connectivity index (χ4n) is 1.67. The van der Waals surface area contributed by atoms with Crippen molar-refractivity contribution in [3.05, 3.63) is 0 Å². The molecule has 14 heavy (non-hydrogen) atoms. The summed E-state index contributed by atoms with van der Waals surface area (Å²) < 4.78 is 5.38. The highest BCUT2D eigenvalue weighted by Crippen LogP contribution is 2.27. The molecule has 0 aromatic rings. The molecule has 1 saturated heterocycles. The van der Waals surface area contributed by atoms with Crippen LogP contribution in [-0.4, -0.2) is 51.7 Å². The smallest absolute Gasteiger partial charge is 0.110 e. The Labute approximate surface area is 88.5 Å². The van der Waals surface area contributed by atoms with Gasteiger partial charge in [0.1, 0.15) is 18.3 Å². The quantitative estimate of drug-likeness (QED) is 0.585. The topological polar surface area (TPSA) is 69.9 Å². The van der Waals surface area contributed by atoms with Crippen LogP contribution in [0.1, 0.15) is 19.8 Å². The molecular weight excluding hydrogens is 208 g/mol. The summed E-state index contributed by atoms with van der Waals surface area (Å²) in [5, 5.41) is 27.4.